The summed E-state index contributed by atoms with van der Waals surface area (Å²) in [5, 5.41) is 13.6. The number of benzene rings is 1. The Morgan fingerprint density at radius 3 is 2.40 bits per heavy atom. The minimum absolute atomic E-state index is 0.579. The topological polar surface area (TPSA) is 41.5 Å². The van der Waals surface area contributed by atoms with Gasteiger partial charge in [0.2, 0.25) is 0 Å². The van der Waals surface area contributed by atoms with Crippen LogP contribution in [0.1, 0.15) is 39.2 Å². The van der Waals surface area contributed by atoms with E-state index in [0.29, 0.717) is 19.7 Å². The molecule has 1 aromatic rings. The molecule has 114 valence electrons. The molecular weight excluding hydrogens is 386 g/mol. The SMILES string of the molecule is CCOc1c(Br)cc(Br)cc1CNCC(O)(CC)CC. The highest BCUT2D eigenvalue weighted by Crippen LogP contribution is 2.33. The molecule has 5 heteroatoms. The van der Waals surface area contributed by atoms with Crippen LogP contribution < -0.4 is 10.1 Å². The Morgan fingerprint density at radius 1 is 1.20 bits per heavy atom. The first-order valence-electron chi connectivity index (χ1n) is 6.99. The Balaban J connectivity index is 2.76. The van der Waals surface area contributed by atoms with Crippen molar-refractivity contribution in [3.63, 3.8) is 0 Å². The summed E-state index contributed by atoms with van der Waals surface area (Å²) in [5.74, 6) is 0.861. The number of rotatable bonds is 8. The lowest BCUT2D eigenvalue weighted by Crippen LogP contribution is -2.39. The van der Waals surface area contributed by atoms with Gasteiger partial charge in [0.1, 0.15) is 5.75 Å². The standard InChI is InChI=1S/C15H23Br2NO2/c1-4-15(19,5-2)10-18-9-11-7-12(16)8-13(17)14(11)20-6-3/h7-8,18-19H,4-6,9-10H2,1-3H3. The van der Waals surface area contributed by atoms with Crippen LogP contribution >= 0.6 is 31.9 Å². The van der Waals surface area contributed by atoms with E-state index >= 15 is 0 Å². The molecule has 0 aliphatic rings. The molecule has 1 aromatic carbocycles. The van der Waals surface area contributed by atoms with Crippen LogP contribution in [-0.4, -0.2) is 23.9 Å². The third-order valence-corrected chi connectivity index (χ3v) is 4.51. The summed E-state index contributed by atoms with van der Waals surface area (Å²) in [5.41, 5.74) is 0.442. The molecule has 0 amide bonds. The average molecular weight is 409 g/mol. The van der Waals surface area contributed by atoms with Crippen LogP contribution in [0.2, 0.25) is 0 Å². The van der Waals surface area contributed by atoms with E-state index in [0.717, 1.165) is 33.1 Å². The maximum absolute atomic E-state index is 10.3. The summed E-state index contributed by atoms with van der Waals surface area (Å²) in [4.78, 5) is 0. The van der Waals surface area contributed by atoms with E-state index in [9.17, 15) is 5.11 Å². The van der Waals surface area contributed by atoms with Crippen LogP contribution in [0.5, 0.6) is 5.75 Å². The van der Waals surface area contributed by atoms with E-state index in [1.807, 2.05) is 32.9 Å². The number of ether oxygens (including phenoxy) is 1. The highest BCUT2D eigenvalue weighted by molar-refractivity contribution is 9.11. The van der Waals surface area contributed by atoms with Gasteiger partial charge in [-0.3, -0.25) is 0 Å². The number of nitrogens with one attached hydrogen (secondary N) is 1. The molecule has 0 radical (unpaired) electrons. The van der Waals surface area contributed by atoms with Gasteiger partial charge in [-0.15, -0.1) is 0 Å². The Kier molecular flexibility index (Phi) is 7.51. The summed E-state index contributed by atoms with van der Waals surface area (Å²) < 4.78 is 7.63. The first-order valence-corrected chi connectivity index (χ1v) is 8.58. The van der Waals surface area contributed by atoms with Crippen molar-refractivity contribution in [2.75, 3.05) is 13.2 Å². The zero-order valence-corrected chi connectivity index (χ0v) is 15.5. The molecule has 0 atom stereocenters. The Morgan fingerprint density at radius 2 is 1.85 bits per heavy atom. The van der Waals surface area contributed by atoms with Gasteiger partial charge in [-0.2, -0.15) is 0 Å². The zero-order chi connectivity index (χ0) is 15.2. The van der Waals surface area contributed by atoms with Crippen molar-refractivity contribution in [2.24, 2.45) is 0 Å². The molecule has 0 fully saturated rings. The van der Waals surface area contributed by atoms with Crippen LogP contribution in [0.25, 0.3) is 0 Å². The van der Waals surface area contributed by atoms with Gasteiger partial charge in [-0.25, -0.2) is 0 Å². The summed E-state index contributed by atoms with van der Waals surface area (Å²) in [6, 6.07) is 4.02. The van der Waals surface area contributed by atoms with Gasteiger partial charge in [0.05, 0.1) is 16.7 Å². The Labute approximate surface area is 138 Å². The predicted molar refractivity (Wildman–Crippen MR) is 90.2 cm³/mol. The second kappa shape index (κ2) is 8.37. The summed E-state index contributed by atoms with van der Waals surface area (Å²) in [7, 11) is 0. The molecule has 2 N–H and O–H groups in total. The largest absolute Gasteiger partial charge is 0.492 e. The van der Waals surface area contributed by atoms with Crippen molar-refractivity contribution < 1.29 is 9.84 Å². The molecule has 0 spiro atoms. The fourth-order valence-corrected chi connectivity index (χ4v) is 3.41. The Hall–Kier alpha value is -0.100. The van der Waals surface area contributed by atoms with E-state index in [1.54, 1.807) is 0 Å². The first kappa shape index (κ1) is 18.0. The second-order valence-corrected chi connectivity index (χ2v) is 6.61. The van der Waals surface area contributed by atoms with Crippen molar-refractivity contribution in [2.45, 2.75) is 45.8 Å². The lowest BCUT2D eigenvalue weighted by Gasteiger charge is -2.25. The van der Waals surface area contributed by atoms with Crippen LogP contribution in [-0.2, 0) is 6.54 Å². The van der Waals surface area contributed by atoms with E-state index in [4.69, 9.17) is 4.74 Å². The van der Waals surface area contributed by atoms with Crippen molar-refractivity contribution in [3.05, 3.63) is 26.6 Å². The minimum atomic E-state index is -0.630. The van der Waals surface area contributed by atoms with Crippen molar-refractivity contribution in [1.82, 2.24) is 5.32 Å². The van der Waals surface area contributed by atoms with Crippen LogP contribution in [0.3, 0.4) is 0 Å². The van der Waals surface area contributed by atoms with Gasteiger partial charge in [0, 0.05) is 23.1 Å². The van der Waals surface area contributed by atoms with Gasteiger partial charge >= 0.3 is 0 Å². The summed E-state index contributed by atoms with van der Waals surface area (Å²) in [6.07, 6.45) is 1.49. The number of halogens is 2. The average Bonchev–Trinajstić information content (AvgIpc) is 2.42. The van der Waals surface area contributed by atoms with E-state index < -0.39 is 5.60 Å². The molecule has 0 aliphatic heterocycles. The van der Waals surface area contributed by atoms with Crippen molar-refractivity contribution >= 4 is 31.9 Å². The summed E-state index contributed by atoms with van der Waals surface area (Å²) >= 11 is 7.02. The van der Waals surface area contributed by atoms with Gasteiger partial charge in [-0.1, -0.05) is 29.8 Å². The highest BCUT2D eigenvalue weighted by atomic mass is 79.9. The molecule has 0 saturated carbocycles. The third-order valence-electron chi connectivity index (χ3n) is 3.46. The van der Waals surface area contributed by atoms with E-state index in [2.05, 4.69) is 37.2 Å². The molecule has 0 heterocycles. The quantitative estimate of drug-likeness (QED) is 0.675. The molecule has 0 bridgehead atoms. The second-order valence-electron chi connectivity index (χ2n) is 4.84. The van der Waals surface area contributed by atoms with Crippen LogP contribution in [0, 0.1) is 0 Å². The smallest absolute Gasteiger partial charge is 0.138 e. The normalized spacial score (nSPS) is 11.7. The van der Waals surface area contributed by atoms with Gasteiger partial charge < -0.3 is 15.2 Å². The van der Waals surface area contributed by atoms with Crippen molar-refractivity contribution in [1.29, 1.82) is 0 Å². The number of aliphatic hydroxyl groups is 1. The van der Waals surface area contributed by atoms with E-state index in [1.165, 1.54) is 0 Å². The first-order chi connectivity index (χ1) is 9.45. The van der Waals surface area contributed by atoms with Gasteiger partial charge in [0.25, 0.3) is 0 Å². The highest BCUT2D eigenvalue weighted by Gasteiger charge is 2.21. The number of hydrogen-bond donors (Lipinski definition) is 2. The number of hydrogen-bond acceptors (Lipinski definition) is 3. The monoisotopic (exact) mass is 407 g/mol. The van der Waals surface area contributed by atoms with Crippen LogP contribution in [0.4, 0.5) is 0 Å². The molecule has 0 unspecified atom stereocenters. The maximum atomic E-state index is 10.3. The molecule has 3 nitrogen and oxygen atoms in total. The third kappa shape index (κ3) is 5.02. The molecule has 0 aliphatic carbocycles. The fraction of sp³-hybridized carbons (Fsp3) is 0.600. The zero-order valence-electron chi connectivity index (χ0n) is 12.3. The van der Waals surface area contributed by atoms with Crippen molar-refractivity contribution in [3.8, 4) is 5.75 Å². The summed E-state index contributed by atoms with van der Waals surface area (Å²) in [6.45, 7) is 7.85. The Bertz CT molecular complexity index is 434. The predicted octanol–water partition coefficient (Wildman–Crippen LogP) is 4.25. The fourth-order valence-electron chi connectivity index (χ4n) is 1.98. The molecule has 0 aromatic heterocycles. The molecule has 20 heavy (non-hydrogen) atoms. The molecular formula is C15H23Br2NO2. The minimum Gasteiger partial charge on any atom is -0.492 e. The lowest BCUT2D eigenvalue weighted by atomic mass is 9.97. The maximum Gasteiger partial charge on any atom is 0.138 e. The van der Waals surface area contributed by atoms with E-state index in [-0.39, 0.29) is 0 Å². The lowest BCUT2D eigenvalue weighted by molar-refractivity contribution is 0.0322. The molecule has 0 saturated heterocycles. The van der Waals surface area contributed by atoms with Gasteiger partial charge in [-0.05, 0) is 47.8 Å². The van der Waals surface area contributed by atoms with Crippen LogP contribution in [0.15, 0.2) is 21.1 Å². The molecule has 1 rings (SSSR count). The van der Waals surface area contributed by atoms with Gasteiger partial charge in [0.15, 0.2) is 0 Å².